The smallest absolute Gasteiger partial charge is 0.220 e. The largest absolute Gasteiger partial charge is 0.353 e. The minimum absolute atomic E-state index is 0.209. The molecule has 0 heterocycles. The Bertz CT molecular complexity index is 290. The molecule has 0 saturated heterocycles. The second-order valence-corrected chi connectivity index (χ2v) is 6.56. The fourth-order valence-corrected chi connectivity index (χ4v) is 3.92. The molecule has 2 saturated carbocycles. The topological polar surface area (TPSA) is 55.1 Å². The third-order valence-electron chi connectivity index (χ3n) is 4.89. The molecular formula is C15H28N2O. The van der Waals surface area contributed by atoms with Gasteiger partial charge in [-0.2, -0.15) is 0 Å². The highest BCUT2D eigenvalue weighted by molar-refractivity contribution is 5.76. The Morgan fingerprint density at radius 2 is 2.11 bits per heavy atom. The van der Waals surface area contributed by atoms with Gasteiger partial charge in [-0.15, -0.1) is 0 Å². The van der Waals surface area contributed by atoms with Crippen LogP contribution in [0.25, 0.3) is 0 Å². The quantitative estimate of drug-likeness (QED) is 0.763. The van der Waals surface area contributed by atoms with Crippen LogP contribution in [0.4, 0.5) is 0 Å². The SMILES string of the molecule is CC(N)CCCC(=O)NC(C)C1CC2CCC1C2. The lowest BCUT2D eigenvalue weighted by atomic mass is 9.84. The zero-order valence-electron chi connectivity index (χ0n) is 11.8. The highest BCUT2D eigenvalue weighted by Crippen LogP contribution is 2.49. The summed E-state index contributed by atoms with van der Waals surface area (Å²) in [7, 11) is 0. The van der Waals surface area contributed by atoms with E-state index in [1.54, 1.807) is 0 Å². The van der Waals surface area contributed by atoms with Crippen molar-refractivity contribution in [1.82, 2.24) is 5.32 Å². The second kappa shape index (κ2) is 6.05. The first-order valence-electron chi connectivity index (χ1n) is 7.61. The van der Waals surface area contributed by atoms with Gasteiger partial charge in [-0.3, -0.25) is 4.79 Å². The van der Waals surface area contributed by atoms with E-state index in [0.717, 1.165) is 30.6 Å². The van der Waals surface area contributed by atoms with Crippen molar-refractivity contribution >= 4 is 5.91 Å². The van der Waals surface area contributed by atoms with Gasteiger partial charge in [-0.05, 0) is 63.7 Å². The van der Waals surface area contributed by atoms with Crippen molar-refractivity contribution < 1.29 is 4.79 Å². The maximum Gasteiger partial charge on any atom is 0.220 e. The molecule has 18 heavy (non-hydrogen) atoms. The van der Waals surface area contributed by atoms with Gasteiger partial charge in [0.1, 0.15) is 0 Å². The summed E-state index contributed by atoms with van der Waals surface area (Å²) in [4.78, 5) is 11.8. The molecule has 2 bridgehead atoms. The first-order chi connectivity index (χ1) is 8.56. The van der Waals surface area contributed by atoms with Crippen molar-refractivity contribution in [2.75, 3.05) is 0 Å². The molecule has 2 aliphatic carbocycles. The molecule has 3 N–H and O–H groups in total. The van der Waals surface area contributed by atoms with Gasteiger partial charge in [0.2, 0.25) is 5.91 Å². The van der Waals surface area contributed by atoms with Gasteiger partial charge in [0.15, 0.2) is 0 Å². The lowest BCUT2D eigenvalue weighted by Crippen LogP contribution is -2.40. The molecule has 5 unspecified atom stereocenters. The van der Waals surface area contributed by atoms with E-state index < -0.39 is 0 Å². The summed E-state index contributed by atoms with van der Waals surface area (Å²) < 4.78 is 0. The van der Waals surface area contributed by atoms with Crippen molar-refractivity contribution in [3.8, 4) is 0 Å². The van der Waals surface area contributed by atoms with E-state index in [4.69, 9.17) is 5.73 Å². The van der Waals surface area contributed by atoms with Gasteiger partial charge in [0, 0.05) is 18.5 Å². The van der Waals surface area contributed by atoms with Crippen LogP contribution in [0.5, 0.6) is 0 Å². The van der Waals surface area contributed by atoms with E-state index in [-0.39, 0.29) is 11.9 Å². The Labute approximate surface area is 111 Å². The molecule has 0 spiro atoms. The Hall–Kier alpha value is -0.570. The van der Waals surface area contributed by atoms with E-state index >= 15 is 0 Å². The molecule has 1 amide bonds. The van der Waals surface area contributed by atoms with Crippen LogP contribution in [-0.2, 0) is 4.79 Å². The number of carbonyl (C=O) groups is 1. The molecule has 104 valence electrons. The van der Waals surface area contributed by atoms with Crippen LogP contribution in [0, 0.1) is 17.8 Å². The fourth-order valence-electron chi connectivity index (χ4n) is 3.92. The maximum atomic E-state index is 11.8. The number of nitrogens with two attached hydrogens (primary N) is 1. The van der Waals surface area contributed by atoms with Crippen molar-refractivity contribution in [3.05, 3.63) is 0 Å². The summed E-state index contributed by atoms with van der Waals surface area (Å²) in [5.74, 6) is 2.79. The average Bonchev–Trinajstić information content (AvgIpc) is 2.89. The predicted octanol–water partition coefficient (Wildman–Crippen LogP) is 2.44. The highest BCUT2D eigenvalue weighted by atomic mass is 16.1. The summed E-state index contributed by atoms with van der Waals surface area (Å²) in [5.41, 5.74) is 5.69. The van der Waals surface area contributed by atoms with Crippen LogP contribution in [0.2, 0.25) is 0 Å². The zero-order valence-corrected chi connectivity index (χ0v) is 11.8. The van der Waals surface area contributed by atoms with Crippen LogP contribution < -0.4 is 11.1 Å². The fraction of sp³-hybridized carbons (Fsp3) is 0.933. The normalized spacial score (nSPS) is 33.4. The summed E-state index contributed by atoms with van der Waals surface area (Å²) in [6.45, 7) is 4.19. The number of nitrogens with one attached hydrogen (secondary N) is 1. The number of hydrogen-bond donors (Lipinski definition) is 2. The maximum absolute atomic E-state index is 11.8. The van der Waals surface area contributed by atoms with Gasteiger partial charge < -0.3 is 11.1 Å². The Balaban J connectivity index is 1.67. The van der Waals surface area contributed by atoms with E-state index in [1.807, 2.05) is 6.92 Å². The van der Waals surface area contributed by atoms with Crippen LogP contribution in [0.3, 0.4) is 0 Å². The van der Waals surface area contributed by atoms with Gasteiger partial charge in [-0.1, -0.05) is 6.42 Å². The van der Waals surface area contributed by atoms with Crippen LogP contribution >= 0.6 is 0 Å². The zero-order chi connectivity index (χ0) is 13.1. The van der Waals surface area contributed by atoms with E-state index in [0.29, 0.717) is 12.5 Å². The minimum Gasteiger partial charge on any atom is -0.353 e. The molecule has 0 aromatic heterocycles. The van der Waals surface area contributed by atoms with Crippen LogP contribution in [0.15, 0.2) is 0 Å². The van der Waals surface area contributed by atoms with Gasteiger partial charge >= 0.3 is 0 Å². The van der Waals surface area contributed by atoms with Crippen LogP contribution in [-0.4, -0.2) is 18.0 Å². The molecule has 0 aliphatic heterocycles. The van der Waals surface area contributed by atoms with E-state index in [9.17, 15) is 4.79 Å². The second-order valence-electron chi connectivity index (χ2n) is 6.56. The van der Waals surface area contributed by atoms with Crippen molar-refractivity contribution in [2.24, 2.45) is 23.5 Å². The molecular weight excluding hydrogens is 224 g/mol. The molecule has 3 nitrogen and oxygen atoms in total. The lowest BCUT2D eigenvalue weighted by Gasteiger charge is -2.28. The number of hydrogen-bond acceptors (Lipinski definition) is 2. The Morgan fingerprint density at radius 1 is 1.33 bits per heavy atom. The molecule has 2 rings (SSSR count). The number of fused-ring (bicyclic) bond motifs is 2. The van der Waals surface area contributed by atoms with E-state index in [2.05, 4.69) is 12.2 Å². The average molecular weight is 252 g/mol. The standard InChI is InChI=1S/C15H28N2O/c1-10(16)4-3-5-15(18)17-11(2)14-9-12-6-7-13(14)8-12/h10-14H,3-9,16H2,1-2H3,(H,17,18). The van der Waals surface area contributed by atoms with Gasteiger partial charge in [0.25, 0.3) is 0 Å². The van der Waals surface area contributed by atoms with Crippen molar-refractivity contribution in [2.45, 2.75) is 70.9 Å². The lowest BCUT2D eigenvalue weighted by molar-refractivity contribution is -0.122. The number of amides is 1. The summed E-state index contributed by atoms with van der Waals surface area (Å²) >= 11 is 0. The molecule has 3 heteroatoms. The third kappa shape index (κ3) is 3.47. The molecule has 2 aliphatic rings. The van der Waals surface area contributed by atoms with Gasteiger partial charge in [0.05, 0.1) is 0 Å². The summed E-state index contributed by atoms with van der Waals surface area (Å²) in [6, 6.07) is 0.573. The molecule has 2 fully saturated rings. The van der Waals surface area contributed by atoms with Gasteiger partial charge in [-0.25, -0.2) is 0 Å². The predicted molar refractivity (Wildman–Crippen MR) is 74.0 cm³/mol. The Morgan fingerprint density at radius 3 is 2.67 bits per heavy atom. The first-order valence-corrected chi connectivity index (χ1v) is 7.61. The van der Waals surface area contributed by atoms with Crippen molar-refractivity contribution in [1.29, 1.82) is 0 Å². The summed E-state index contributed by atoms with van der Waals surface area (Å²) in [6.07, 6.45) is 8.05. The minimum atomic E-state index is 0.209. The molecule has 0 aromatic rings. The first kappa shape index (κ1) is 13.9. The molecule has 0 aromatic carbocycles. The molecule has 5 atom stereocenters. The van der Waals surface area contributed by atoms with Crippen LogP contribution in [0.1, 0.15) is 58.8 Å². The number of carbonyl (C=O) groups excluding carboxylic acids is 1. The third-order valence-corrected chi connectivity index (χ3v) is 4.89. The Kier molecular flexibility index (Phi) is 4.66. The number of rotatable bonds is 6. The molecule has 0 radical (unpaired) electrons. The van der Waals surface area contributed by atoms with E-state index in [1.165, 1.54) is 25.7 Å². The highest BCUT2D eigenvalue weighted by Gasteiger charge is 2.41. The summed E-state index contributed by atoms with van der Waals surface area (Å²) in [5, 5.41) is 3.20. The van der Waals surface area contributed by atoms with Crippen molar-refractivity contribution in [3.63, 3.8) is 0 Å². The monoisotopic (exact) mass is 252 g/mol.